The Balaban J connectivity index is 1.53. The summed E-state index contributed by atoms with van der Waals surface area (Å²) in [6.45, 7) is 7.48. The fourth-order valence-electron chi connectivity index (χ4n) is 13.7. The highest BCUT2D eigenvalue weighted by Gasteiger charge is 2.32. The van der Waals surface area contributed by atoms with Crippen molar-refractivity contribution < 1.29 is 107 Å². The van der Waals surface area contributed by atoms with Crippen molar-refractivity contribution in [3.8, 4) is 11.5 Å². The standard InChI is InChI=1S/C90H145N9O22/c1-90(2,3)79(104)62-65(32-22-26-55-96-84(109)75(94)39-25-29-57-98-83(108)73(92)37-18-14-17-34-68(100)47-52-76(89(118)119)99-81(106)41-21-11-7-5-9-13-31-59-121-71-50-44-64(45-51-71)86(112)113)78(103)61-66(87(114)115)33-23-27-56-97-82(107)74(93)38-19-15-20-40-77(102)72(91)36-24-28-54-95-80(105)53-46-67(88(116)117)60-69(101)35-16-10-6-4-8-12-30-58-120-70-48-42-63(43-49-70)85(110)111/h42-45,48-51,65-67,72-76H,4-41,46-47,52-62,91-94H2,1-3H3,(H,95,105)(H,96,109)(H,97,107)(H,98,108)(H,99,106)(H,110,111)(H,112,113)(H,114,115)(H,116,117)(H,118,119)/t65-,66-,67-,72+,73+,74+,75+,76+/m1/s1. The second-order valence-corrected chi connectivity index (χ2v) is 33.2. The van der Waals surface area contributed by atoms with Gasteiger partial charge >= 0.3 is 29.8 Å². The van der Waals surface area contributed by atoms with E-state index in [0.717, 1.165) is 77.0 Å². The summed E-state index contributed by atoms with van der Waals surface area (Å²) in [5.74, 6) is -9.42. The van der Waals surface area contributed by atoms with Crippen molar-refractivity contribution in [2.45, 2.75) is 340 Å². The molecule has 2 aromatic carbocycles. The Morgan fingerprint density at radius 2 is 0.686 bits per heavy atom. The maximum absolute atomic E-state index is 13.8. The van der Waals surface area contributed by atoms with Crippen LogP contribution in [0, 0.1) is 23.2 Å². The number of amides is 5. The van der Waals surface area contributed by atoms with E-state index in [-0.39, 0.29) is 153 Å². The van der Waals surface area contributed by atoms with Crippen molar-refractivity contribution in [3.05, 3.63) is 59.7 Å². The third-order valence-corrected chi connectivity index (χ3v) is 21.7. The number of carboxylic acids is 5. The molecule has 0 aromatic heterocycles. The quantitative estimate of drug-likeness (QED) is 0.0274. The molecule has 121 heavy (non-hydrogen) atoms. The zero-order valence-electron chi connectivity index (χ0n) is 72.3. The lowest BCUT2D eigenvalue weighted by Crippen LogP contribution is -2.42. The minimum Gasteiger partial charge on any atom is -0.494 e. The van der Waals surface area contributed by atoms with Gasteiger partial charge in [0.25, 0.3) is 0 Å². The highest BCUT2D eigenvalue weighted by molar-refractivity contribution is 5.92. The van der Waals surface area contributed by atoms with E-state index in [0.29, 0.717) is 179 Å². The lowest BCUT2D eigenvalue weighted by molar-refractivity contribution is -0.145. The fourth-order valence-corrected chi connectivity index (χ4v) is 13.7. The summed E-state index contributed by atoms with van der Waals surface area (Å²) in [7, 11) is 0. The van der Waals surface area contributed by atoms with Gasteiger partial charge in [-0.1, -0.05) is 124 Å². The van der Waals surface area contributed by atoms with Crippen molar-refractivity contribution in [1.29, 1.82) is 0 Å². The predicted octanol–water partition coefficient (Wildman–Crippen LogP) is 11.3. The van der Waals surface area contributed by atoms with Gasteiger partial charge in [0.1, 0.15) is 46.5 Å². The average Bonchev–Trinajstić information content (AvgIpc) is 0.860. The Labute approximate surface area is 715 Å². The number of carbonyl (C=O) groups is 15. The second-order valence-electron chi connectivity index (χ2n) is 33.2. The minimum atomic E-state index is -1.20. The lowest BCUT2D eigenvalue weighted by Gasteiger charge is -2.23. The molecule has 2 rings (SSSR count). The van der Waals surface area contributed by atoms with E-state index < -0.39 is 83.2 Å². The maximum Gasteiger partial charge on any atom is 0.335 e. The molecule has 2 aromatic rings. The number of ketones is 5. The predicted molar refractivity (Wildman–Crippen MR) is 459 cm³/mol. The highest BCUT2D eigenvalue weighted by atomic mass is 16.5. The van der Waals surface area contributed by atoms with Gasteiger partial charge < -0.3 is 84.5 Å². The van der Waals surface area contributed by atoms with E-state index in [9.17, 15) is 87.2 Å². The van der Waals surface area contributed by atoms with Gasteiger partial charge in [-0.15, -0.1) is 0 Å². The molecule has 0 aliphatic heterocycles. The molecule has 0 radical (unpaired) electrons. The molecule has 0 bridgehead atoms. The zero-order valence-corrected chi connectivity index (χ0v) is 72.3. The van der Waals surface area contributed by atoms with E-state index >= 15 is 0 Å². The van der Waals surface area contributed by atoms with Gasteiger partial charge in [0, 0.05) is 95.3 Å². The summed E-state index contributed by atoms with van der Waals surface area (Å²) in [5, 5.41) is 61.3. The highest BCUT2D eigenvalue weighted by Crippen LogP contribution is 2.28. The zero-order chi connectivity index (χ0) is 89.8. The van der Waals surface area contributed by atoms with Crippen LogP contribution in [-0.2, 0) is 62.3 Å². The topological polar surface area (TPSA) is 540 Å². The van der Waals surface area contributed by atoms with Crippen LogP contribution in [0.25, 0.3) is 0 Å². The van der Waals surface area contributed by atoms with E-state index in [2.05, 4.69) is 26.6 Å². The van der Waals surface area contributed by atoms with Crippen molar-refractivity contribution >= 4 is 88.3 Å². The molecule has 31 nitrogen and oxygen atoms in total. The van der Waals surface area contributed by atoms with Crippen molar-refractivity contribution in [2.24, 2.45) is 46.1 Å². The van der Waals surface area contributed by atoms with Crippen LogP contribution in [0.15, 0.2) is 48.5 Å². The summed E-state index contributed by atoms with van der Waals surface area (Å²) < 4.78 is 11.3. The SMILES string of the molecule is CC(C)(C)C(=O)C[C@@H](CCCCNC(=O)[C@@H](N)CCCCNC(=O)[C@@H](N)CCCCCC(=O)CC[C@H](NC(=O)CCCCCCCCCOc1ccc(C(=O)O)cc1)C(=O)O)C(=O)C[C@@H](CCCCNC(=O)[C@@H](N)CCCCCC(=O)[C@@H](N)CCCCNC(=O)CC[C@H](CC(=O)CCCCCCCCCOc1ccc(C(=O)O)cc1)C(=O)O)C(=O)O. The first-order chi connectivity index (χ1) is 57.7. The third-order valence-electron chi connectivity index (χ3n) is 21.7. The molecule has 0 aliphatic carbocycles. The van der Waals surface area contributed by atoms with Crippen LogP contribution in [0.2, 0.25) is 0 Å². The molecular formula is C90H145N9O22. The van der Waals surface area contributed by atoms with E-state index in [1.54, 1.807) is 45.0 Å². The van der Waals surface area contributed by atoms with E-state index in [1.807, 2.05) is 0 Å². The average molecular weight is 1710 g/mol. The summed E-state index contributed by atoms with van der Waals surface area (Å²) in [4.78, 5) is 187. The van der Waals surface area contributed by atoms with Crippen LogP contribution < -0.4 is 59.0 Å². The van der Waals surface area contributed by atoms with Crippen LogP contribution >= 0.6 is 0 Å². The first-order valence-electron chi connectivity index (χ1n) is 44.3. The number of carboxylic acid groups (broad SMARTS) is 5. The van der Waals surface area contributed by atoms with Crippen LogP contribution in [0.3, 0.4) is 0 Å². The van der Waals surface area contributed by atoms with Crippen molar-refractivity contribution in [3.63, 3.8) is 0 Å². The number of aromatic carboxylic acids is 2. The molecule has 0 saturated carbocycles. The number of hydrogen-bond acceptors (Lipinski definition) is 21. The second kappa shape index (κ2) is 64.7. The monoisotopic (exact) mass is 1700 g/mol. The first-order valence-corrected chi connectivity index (χ1v) is 44.3. The normalized spacial score (nSPS) is 13.3. The molecule has 0 unspecified atom stereocenters. The number of nitrogens with one attached hydrogen (secondary N) is 5. The number of ether oxygens (including phenoxy) is 2. The maximum atomic E-state index is 13.8. The van der Waals surface area contributed by atoms with E-state index in [1.165, 1.54) is 24.3 Å². The number of rotatable bonds is 77. The smallest absolute Gasteiger partial charge is 0.335 e. The summed E-state index contributed by atoms with van der Waals surface area (Å²) in [6, 6.07) is 8.34. The number of benzene rings is 2. The molecule has 0 fully saturated rings. The van der Waals surface area contributed by atoms with Gasteiger partial charge in [0.05, 0.1) is 60.3 Å². The lowest BCUT2D eigenvalue weighted by atomic mass is 9.80. The summed E-state index contributed by atoms with van der Waals surface area (Å²) in [6.07, 6.45) is 22.7. The van der Waals surface area contributed by atoms with Gasteiger partial charge in [0.15, 0.2) is 0 Å². The number of unbranched alkanes of at least 4 members (excludes halogenated alkanes) is 20. The number of nitrogens with two attached hydrogens (primary N) is 4. The molecule has 0 heterocycles. The molecule has 5 amide bonds. The molecule has 8 atom stereocenters. The minimum absolute atomic E-state index is 0.00529. The van der Waals surface area contributed by atoms with Gasteiger partial charge in [-0.25, -0.2) is 14.4 Å². The van der Waals surface area contributed by atoms with Gasteiger partial charge in [-0.05, 0) is 177 Å². The number of carbonyl (C=O) groups excluding carboxylic acids is 10. The van der Waals surface area contributed by atoms with Crippen molar-refractivity contribution in [1.82, 2.24) is 26.6 Å². The van der Waals surface area contributed by atoms with Crippen LogP contribution in [-0.4, -0.2) is 183 Å². The van der Waals surface area contributed by atoms with Crippen LogP contribution in [0.4, 0.5) is 0 Å². The van der Waals surface area contributed by atoms with Gasteiger partial charge in [0.2, 0.25) is 29.5 Å². The number of aliphatic carboxylic acids is 3. The van der Waals surface area contributed by atoms with Gasteiger partial charge in [-0.2, -0.15) is 0 Å². The van der Waals surface area contributed by atoms with Gasteiger partial charge in [-0.3, -0.25) is 57.5 Å². The molecule has 31 heteroatoms. The molecule has 0 saturated heterocycles. The fraction of sp³-hybridized carbons (Fsp3) is 0.700. The summed E-state index contributed by atoms with van der Waals surface area (Å²) in [5.41, 5.74) is 24.3. The molecule has 0 spiro atoms. The summed E-state index contributed by atoms with van der Waals surface area (Å²) >= 11 is 0. The third kappa shape index (κ3) is 53.4. The number of hydrogen-bond donors (Lipinski definition) is 14. The molecule has 18 N–H and O–H groups in total. The Bertz CT molecular complexity index is 3440. The number of Topliss-reactive ketones (excluding diaryl/α,β-unsaturated/α-hetero) is 5. The molecular weight excluding hydrogens is 1560 g/mol. The van der Waals surface area contributed by atoms with E-state index in [4.69, 9.17) is 42.6 Å². The van der Waals surface area contributed by atoms with Crippen LogP contribution in [0.1, 0.15) is 330 Å². The Hall–Kier alpha value is -9.07. The Morgan fingerprint density at radius 1 is 0.322 bits per heavy atom. The molecule has 0 aliphatic rings. The Kier molecular flexibility index (Phi) is 57.8. The largest absolute Gasteiger partial charge is 0.494 e. The van der Waals surface area contributed by atoms with Crippen LogP contribution in [0.5, 0.6) is 11.5 Å². The van der Waals surface area contributed by atoms with Crippen molar-refractivity contribution in [2.75, 3.05) is 39.4 Å². The Morgan fingerprint density at radius 3 is 1.12 bits per heavy atom. The first kappa shape index (κ1) is 108. The molecule has 682 valence electrons.